The van der Waals surface area contributed by atoms with Crippen LogP contribution in [0.2, 0.25) is 0 Å². The van der Waals surface area contributed by atoms with Crippen LogP contribution in [0, 0.1) is 5.92 Å². The van der Waals surface area contributed by atoms with Gasteiger partial charge in [0, 0.05) is 38.2 Å². The van der Waals surface area contributed by atoms with E-state index in [2.05, 4.69) is 20.6 Å². The number of likely N-dealkylation sites (tertiary alicyclic amines) is 1. The molecular weight excluding hydrogens is 396 g/mol. The van der Waals surface area contributed by atoms with E-state index in [0.717, 1.165) is 24.3 Å². The van der Waals surface area contributed by atoms with E-state index in [1.54, 1.807) is 54.5 Å². The highest BCUT2D eigenvalue weighted by molar-refractivity contribution is 6.05. The Bertz CT molecular complexity index is 1030. The monoisotopic (exact) mass is 422 g/mol. The molecule has 9 nitrogen and oxygen atoms in total. The summed E-state index contributed by atoms with van der Waals surface area (Å²) in [5.74, 6) is 0.902. The van der Waals surface area contributed by atoms with Crippen LogP contribution in [0.15, 0.2) is 42.7 Å². The molecule has 4 rings (SSSR count). The fourth-order valence-corrected chi connectivity index (χ4v) is 3.91. The van der Waals surface area contributed by atoms with E-state index < -0.39 is 0 Å². The Hall–Kier alpha value is -3.62. The summed E-state index contributed by atoms with van der Waals surface area (Å²) in [5.41, 5.74) is 2.58. The number of carbonyl (C=O) groups excluding carboxylic acids is 2. The predicted octanol–water partition coefficient (Wildman–Crippen LogP) is 2.50. The van der Waals surface area contributed by atoms with Crippen LogP contribution in [-0.2, 0) is 13.5 Å². The van der Waals surface area contributed by atoms with Crippen LogP contribution in [0.5, 0.6) is 5.75 Å². The number of ether oxygens (including phenoxy) is 1. The van der Waals surface area contributed by atoms with E-state index in [0.29, 0.717) is 42.4 Å². The molecule has 0 aliphatic carbocycles. The lowest BCUT2D eigenvalue weighted by atomic mass is 9.91. The fourth-order valence-electron chi connectivity index (χ4n) is 3.91. The minimum absolute atomic E-state index is 0.0201. The van der Waals surface area contributed by atoms with Crippen LogP contribution in [0.3, 0.4) is 0 Å². The van der Waals surface area contributed by atoms with Crippen molar-refractivity contribution in [2.45, 2.75) is 19.3 Å². The molecular formula is C22H26N6O3. The summed E-state index contributed by atoms with van der Waals surface area (Å²) in [6.45, 7) is 1.37. The van der Waals surface area contributed by atoms with Gasteiger partial charge in [-0.1, -0.05) is 0 Å². The normalized spacial score (nSPS) is 14.5. The van der Waals surface area contributed by atoms with E-state index >= 15 is 0 Å². The Labute approximate surface area is 180 Å². The van der Waals surface area contributed by atoms with E-state index in [-0.39, 0.29) is 11.8 Å². The minimum atomic E-state index is -0.180. The topological polar surface area (TPSA) is 105 Å². The van der Waals surface area contributed by atoms with Crippen LogP contribution in [0.4, 0.5) is 5.69 Å². The molecule has 3 aromatic rings. The molecule has 1 aliphatic rings. The molecule has 1 saturated heterocycles. The molecule has 0 spiro atoms. The Morgan fingerprint density at radius 1 is 1.19 bits per heavy atom. The quantitative estimate of drug-likeness (QED) is 0.635. The zero-order chi connectivity index (χ0) is 21.8. The standard InChI is InChI=1S/C22H26N6O3/c1-27-14-18(21(29)24-16-3-5-17(31-2)6-4-16)20(26-27)13-15-8-11-28(12-9-15)22(30)19-7-10-23-25-19/h3-7,10,14-15H,8-9,11-13H2,1-2H3,(H,23,25)(H,24,29). The number of rotatable bonds is 6. The van der Waals surface area contributed by atoms with Gasteiger partial charge in [-0.15, -0.1) is 0 Å². The van der Waals surface area contributed by atoms with E-state index in [4.69, 9.17) is 4.74 Å². The third-order valence-corrected chi connectivity index (χ3v) is 5.61. The number of nitrogens with one attached hydrogen (secondary N) is 2. The number of hydrogen-bond acceptors (Lipinski definition) is 5. The zero-order valence-electron chi connectivity index (χ0n) is 17.7. The number of amides is 2. The first-order valence-corrected chi connectivity index (χ1v) is 10.3. The molecule has 1 fully saturated rings. The summed E-state index contributed by atoms with van der Waals surface area (Å²) in [6, 6.07) is 8.91. The van der Waals surface area contributed by atoms with Crippen LogP contribution >= 0.6 is 0 Å². The third-order valence-electron chi connectivity index (χ3n) is 5.61. The average Bonchev–Trinajstić information content (AvgIpc) is 3.44. The summed E-state index contributed by atoms with van der Waals surface area (Å²) in [5, 5.41) is 14.0. The van der Waals surface area contributed by atoms with Crippen LogP contribution < -0.4 is 10.1 Å². The lowest BCUT2D eigenvalue weighted by Gasteiger charge is -2.31. The molecule has 0 unspecified atom stereocenters. The van der Waals surface area contributed by atoms with Crippen molar-refractivity contribution in [1.29, 1.82) is 0 Å². The van der Waals surface area contributed by atoms with Crippen LogP contribution in [0.1, 0.15) is 39.4 Å². The highest BCUT2D eigenvalue weighted by Crippen LogP contribution is 2.24. The van der Waals surface area contributed by atoms with Crippen molar-refractivity contribution in [3.05, 3.63) is 59.7 Å². The first-order chi connectivity index (χ1) is 15.0. The number of piperidine rings is 1. The average molecular weight is 422 g/mol. The van der Waals surface area contributed by atoms with Gasteiger partial charge in [0.1, 0.15) is 11.4 Å². The number of hydrogen-bond donors (Lipinski definition) is 2. The van der Waals surface area contributed by atoms with Gasteiger partial charge in [-0.25, -0.2) is 0 Å². The summed E-state index contributed by atoms with van der Waals surface area (Å²) >= 11 is 0. The van der Waals surface area contributed by atoms with Crippen molar-refractivity contribution in [2.24, 2.45) is 13.0 Å². The zero-order valence-corrected chi connectivity index (χ0v) is 17.7. The van der Waals surface area contributed by atoms with Gasteiger partial charge in [0.15, 0.2) is 0 Å². The maximum atomic E-state index is 12.9. The molecule has 0 bridgehead atoms. The van der Waals surface area contributed by atoms with Gasteiger partial charge >= 0.3 is 0 Å². The number of H-pyrrole nitrogens is 1. The number of carbonyl (C=O) groups is 2. The van der Waals surface area contributed by atoms with E-state index in [9.17, 15) is 9.59 Å². The fraction of sp³-hybridized carbons (Fsp3) is 0.364. The molecule has 2 N–H and O–H groups in total. The Morgan fingerprint density at radius 3 is 2.58 bits per heavy atom. The number of aryl methyl sites for hydroxylation is 1. The molecule has 0 saturated carbocycles. The number of aromatic amines is 1. The second-order valence-electron chi connectivity index (χ2n) is 7.76. The number of anilines is 1. The van der Waals surface area contributed by atoms with Crippen molar-refractivity contribution in [3.8, 4) is 5.75 Å². The maximum absolute atomic E-state index is 12.9. The summed E-state index contributed by atoms with van der Waals surface area (Å²) in [7, 11) is 3.42. The highest BCUT2D eigenvalue weighted by atomic mass is 16.5. The number of methoxy groups -OCH3 is 1. The van der Waals surface area contributed by atoms with Crippen molar-refractivity contribution in [3.63, 3.8) is 0 Å². The molecule has 1 aromatic carbocycles. The Balaban J connectivity index is 1.37. The van der Waals surface area contributed by atoms with Crippen molar-refractivity contribution < 1.29 is 14.3 Å². The van der Waals surface area contributed by atoms with Gasteiger partial charge in [-0.05, 0) is 55.5 Å². The Morgan fingerprint density at radius 2 is 1.94 bits per heavy atom. The second-order valence-corrected chi connectivity index (χ2v) is 7.76. The Kier molecular flexibility index (Phi) is 6.01. The van der Waals surface area contributed by atoms with Gasteiger partial charge < -0.3 is 15.0 Å². The summed E-state index contributed by atoms with van der Waals surface area (Å²) in [4.78, 5) is 27.2. The molecule has 0 radical (unpaired) electrons. The number of benzene rings is 1. The van der Waals surface area contributed by atoms with Crippen LogP contribution in [-0.4, -0.2) is 56.9 Å². The molecule has 0 atom stereocenters. The van der Waals surface area contributed by atoms with Gasteiger partial charge in [0.25, 0.3) is 11.8 Å². The van der Waals surface area contributed by atoms with Crippen molar-refractivity contribution >= 4 is 17.5 Å². The van der Waals surface area contributed by atoms with Gasteiger partial charge in [0.05, 0.1) is 18.4 Å². The van der Waals surface area contributed by atoms with Gasteiger partial charge in [-0.3, -0.25) is 19.4 Å². The largest absolute Gasteiger partial charge is 0.497 e. The molecule has 1 aliphatic heterocycles. The first-order valence-electron chi connectivity index (χ1n) is 10.3. The molecule has 162 valence electrons. The molecule has 31 heavy (non-hydrogen) atoms. The van der Waals surface area contributed by atoms with Gasteiger partial charge in [0.2, 0.25) is 0 Å². The first kappa shape index (κ1) is 20.6. The summed E-state index contributed by atoms with van der Waals surface area (Å²) < 4.78 is 6.83. The van der Waals surface area contributed by atoms with E-state index in [1.165, 1.54) is 0 Å². The maximum Gasteiger partial charge on any atom is 0.271 e. The molecule has 2 aromatic heterocycles. The number of nitrogens with zero attached hydrogens (tertiary/aromatic N) is 4. The SMILES string of the molecule is COc1ccc(NC(=O)c2cn(C)nc2CC2CCN(C(=O)c3ccn[nH]3)CC2)cc1. The minimum Gasteiger partial charge on any atom is -0.497 e. The molecule has 3 heterocycles. The predicted molar refractivity (Wildman–Crippen MR) is 115 cm³/mol. The van der Waals surface area contributed by atoms with Crippen molar-refractivity contribution in [1.82, 2.24) is 24.9 Å². The smallest absolute Gasteiger partial charge is 0.271 e. The third kappa shape index (κ3) is 4.76. The number of aromatic nitrogens is 4. The lowest BCUT2D eigenvalue weighted by molar-refractivity contribution is 0.0684. The lowest BCUT2D eigenvalue weighted by Crippen LogP contribution is -2.39. The summed E-state index contributed by atoms with van der Waals surface area (Å²) in [6.07, 6.45) is 5.79. The highest BCUT2D eigenvalue weighted by Gasteiger charge is 2.26. The van der Waals surface area contributed by atoms with E-state index in [1.807, 2.05) is 11.9 Å². The second kappa shape index (κ2) is 9.03. The molecule has 2 amide bonds. The van der Waals surface area contributed by atoms with Crippen LogP contribution in [0.25, 0.3) is 0 Å². The van der Waals surface area contributed by atoms with Crippen molar-refractivity contribution in [2.75, 3.05) is 25.5 Å². The van der Waals surface area contributed by atoms with Gasteiger partial charge in [-0.2, -0.15) is 10.2 Å². The molecule has 9 heteroatoms.